The molecule has 0 bridgehead atoms. The predicted octanol–water partition coefficient (Wildman–Crippen LogP) is 3.43. The first-order valence-electron chi connectivity index (χ1n) is 11.6. The van der Waals surface area contributed by atoms with Gasteiger partial charge >= 0.3 is 6.18 Å². The van der Waals surface area contributed by atoms with Crippen molar-refractivity contribution in [2.45, 2.75) is 63.2 Å². The average molecular weight is 478 g/mol. The Labute approximate surface area is 192 Å². The molecule has 0 spiro atoms. The molecule has 0 amide bonds. The standard InChI is InChI=1S/C23H34F3NO6/c24-23(25,26)16-30-11-5-1-2-6-21(28)33-20(15-27-9-3-4-10-27)22(29)17-7-8-18-19(14-17)32-13-12-31-18/h7-8,14,20-22,28-29H,1-6,9-13,15-16H2. The second kappa shape index (κ2) is 12.8. The summed E-state index contributed by atoms with van der Waals surface area (Å²) in [4.78, 5) is 2.20. The second-order valence-corrected chi connectivity index (χ2v) is 8.50. The Morgan fingerprint density at radius 2 is 1.73 bits per heavy atom. The number of aliphatic hydroxyl groups excluding tert-OH is 2. The van der Waals surface area contributed by atoms with E-state index in [4.69, 9.17) is 14.2 Å². The summed E-state index contributed by atoms with van der Waals surface area (Å²) in [6.45, 7) is 2.03. The fourth-order valence-corrected chi connectivity index (χ4v) is 4.05. The lowest BCUT2D eigenvalue weighted by Gasteiger charge is -2.30. The Bertz CT molecular complexity index is 714. The van der Waals surface area contributed by atoms with Crippen LogP contribution in [0.4, 0.5) is 13.2 Å². The van der Waals surface area contributed by atoms with Gasteiger partial charge < -0.3 is 34.1 Å². The van der Waals surface area contributed by atoms with Gasteiger partial charge in [0.1, 0.15) is 32.0 Å². The maximum atomic E-state index is 12.1. The molecule has 0 aliphatic carbocycles. The first-order chi connectivity index (χ1) is 15.8. The van der Waals surface area contributed by atoms with E-state index in [0.717, 1.165) is 25.9 Å². The van der Waals surface area contributed by atoms with Crippen molar-refractivity contribution >= 4 is 0 Å². The van der Waals surface area contributed by atoms with E-state index in [1.54, 1.807) is 18.2 Å². The number of rotatable bonds is 13. The van der Waals surface area contributed by atoms with Crippen molar-refractivity contribution < 1.29 is 42.3 Å². The predicted molar refractivity (Wildman–Crippen MR) is 114 cm³/mol. The van der Waals surface area contributed by atoms with E-state index >= 15 is 0 Å². The van der Waals surface area contributed by atoms with E-state index in [-0.39, 0.29) is 6.61 Å². The third-order valence-corrected chi connectivity index (χ3v) is 5.73. The minimum atomic E-state index is -4.31. The van der Waals surface area contributed by atoms with Crippen LogP contribution in [0.3, 0.4) is 0 Å². The van der Waals surface area contributed by atoms with Gasteiger partial charge in [0.15, 0.2) is 17.8 Å². The number of likely N-dealkylation sites (tertiary alicyclic amines) is 1. The lowest BCUT2D eigenvalue weighted by Crippen LogP contribution is -2.38. The highest BCUT2D eigenvalue weighted by molar-refractivity contribution is 5.44. The molecule has 2 N–H and O–H groups in total. The summed E-state index contributed by atoms with van der Waals surface area (Å²) in [5.41, 5.74) is 0.623. The van der Waals surface area contributed by atoms with Crippen LogP contribution in [0.15, 0.2) is 18.2 Å². The number of hydrogen-bond donors (Lipinski definition) is 2. The van der Waals surface area contributed by atoms with Crippen LogP contribution >= 0.6 is 0 Å². The largest absolute Gasteiger partial charge is 0.486 e. The van der Waals surface area contributed by atoms with Crippen LogP contribution in [0, 0.1) is 0 Å². The molecule has 7 nitrogen and oxygen atoms in total. The molecule has 2 aliphatic rings. The van der Waals surface area contributed by atoms with Crippen LogP contribution in [-0.4, -0.2) is 79.7 Å². The van der Waals surface area contributed by atoms with Gasteiger partial charge in [0.25, 0.3) is 0 Å². The highest BCUT2D eigenvalue weighted by atomic mass is 19.4. The summed E-state index contributed by atoms with van der Waals surface area (Å²) >= 11 is 0. The molecular weight excluding hydrogens is 443 g/mol. The molecule has 33 heavy (non-hydrogen) atoms. The Morgan fingerprint density at radius 1 is 1.00 bits per heavy atom. The molecular formula is C23H34F3NO6. The van der Waals surface area contributed by atoms with Gasteiger partial charge in [0.05, 0.1) is 0 Å². The van der Waals surface area contributed by atoms with E-state index in [2.05, 4.69) is 9.64 Å². The number of nitrogens with zero attached hydrogens (tertiary/aromatic N) is 1. The highest BCUT2D eigenvalue weighted by Crippen LogP contribution is 2.34. The van der Waals surface area contributed by atoms with Crippen molar-refractivity contribution in [3.63, 3.8) is 0 Å². The average Bonchev–Trinajstić information content (AvgIpc) is 3.29. The summed E-state index contributed by atoms with van der Waals surface area (Å²) in [5, 5.41) is 21.5. The van der Waals surface area contributed by atoms with E-state index in [9.17, 15) is 23.4 Å². The molecule has 3 rings (SSSR count). The van der Waals surface area contributed by atoms with Gasteiger partial charge in [-0.15, -0.1) is 0 Å². The summed E-state index contributed by atoms with van der Waals surface area (Å²) in [7, 11) is 0. The number of hydrogen-bond acceptors (Lipinski definition) is 7. The maximum Gasteiger partial charge on any atom is 0.411 e. The van der Waals surface area contributed by atoms with Gasteiger partial charge in [0.2, 0.25) is 0 Å². The zero-order valence-corrected chi connectivity index (χ0v) is 18.8. The van der Waals surface area contributed by atoms with E-state index < -0.39 is 31.3 Å². The van der Waals surface area contributed by atoms with E-state index in [0.29, 0.717) is 62.5 Å². The van der Waals surface area contributed by atoms with Gasteiger partial charge in [-0.25, -0.2) is 0 Å². The zero-order chi connectivity index (χ0) is 23.7. The van der Waals surface area contributed by atoms with E-state index in [1.807, 2.05) is 0 Å². The minimum absolute atomic E-state index is 0.0247. The number of benzene rings is 1. The third kappa shape index (κ3) is 8.94. The third-order valence-electron chi connectivity index (χ3n) is 5.73. The van der Waals surface area contributed by atoms with Crippen molar-refractivity contribution in [1.82, 2.24) is 4.90 Å². The summed E-state index contributed by atoms with van der Waals surface area (Å²) < 4.78 is 57.8. The monoisotopic (exact) mass is 477 g/mol. The quantitative estimate of drug-likeness (QED) is 0.333. The molecule has 1 fully saturated rings. The zero-order valence-electron chi connectivity index (χ0n) is 18.8. The van der Waals surface area contributed by atoms with Crippen LogP contribution in [0.2, 0.25) is 0 Å². The lowest BCUT2D eigenvalue weighted by molar-refractivity contribution is -0.175. The van der Waals surface area contributed by atoms with Crippen molar-refractivity contribution in [3.05, 3.63) is 23.8 Å². The molecule has 188 valence electrons. The molecule has 2 heterocycles. The Kier molecular flexibility index (Phi) is 10.1. The molecule has 1 saturated heterocycles. The van der Waals surface area contributed by atoms with Crippen LogP contribution in [0.5, 0.6) is 11.5 Å². The van der Waals surface area contributed by atoms with Crippen LogP contribution < -0.4 is 9.47 Å². The number of fused-ring (bicyclic) bond motifs is 1. The topological polar surface area (TPSA) is 80.6 Å². The molecule has 0 saturated carbocycles. The normalized spacial score (nSPS) is 19.4. The number of unbranched alkanes of at least 4 members (excludes halogenated alkanes) is 2. The number of halogens is 3. The molecule has 0 aromatic heterocycles. The lowest BCUT2D eigenvalue weighted by atomic mass is 10.0. The van der Waals surface area contributed by atoms with Crippen molar-refractivity contribution in [2.75, 3.05) is 46.1 Å². The molecule has 3 atom stereocenters. The summed E-state index contributed by atoms with van der Waals surface area (Å²) in [6, 6.07) is 5.27. The number of alkyl halides is 3. The highest BCUT2D eigenvalue weighted by Gasteiger charge is 2.29. The fourth-order valence-electron chi connectivity index (χ4n) is 4.05. The Morgan fingerprint density at radius 3 is 2.45 bits per heavy atom. The molecule has 3 unspecified atom stereocenters. The smallest absolute Gasteiger partial charge is 0.411 e. The van der Waals surface area contributed by atoms with Gasteiger partial charge in [-0.2, -0.15) is 13.2 Å². The first kappa shape index (κ1) is 26.0. The van der Waals surface area contributed by atoms with Crippen LogP contribution in [0.25, 0.3) is 0 Å². The molecule has 1 aromatic rings. The molecule has 1 aromatic carbocycles. The second-order valence-electron chi connectivity index (χ2n) is 8.50. The van der Waals surface area contributed by atoms with Gasteiger partial charge in [-0.05, 0) is 62.9 Å². The van der Waals surface area contributed by atoms with Crippen LogP contribution in [-0.2, 0) is 9.47 Å². The van der Waals surface area contributed by atoms with E-state index in [1.165, 1.54) is 0 Å². The minimum Gasteiger partial charge on any atom is -0.486 e. The fraction of sp³-hybridized carbons (Fsp3) is 0.739. The maximum absolute atomic E-state index is 12.1. The summed E-state index contributed by atoms with van der Waals surface area (Å²) in [5.74, 6) is 1.21. The molecule has 0 radical (unpaired) electrons. The Balaban J connectivity index is 1.49. The van der Waals surface area contributed by atoms with Crippen molar-refractivity contribution in [1.29, 1.82) is 0 Å². The first-order valence-corrected chi connectivity index (χ1v) is 11.6. The molecule has 2 aliphatic heterocycles. The number of aliphatic hydroxyl groups is 2. The molecule has 10 heteroatoms. The van der Waals surface area contributed by atoms with Gasteiger partial charge in [0, 0.05) is 13.2 Å². The number of ether oxygens (including phenoxy) is 4. The Hall–Kier alpha value is -1.59. The van der Waals surface area contributed by atoms with Gasteiger partial charge in [-0.1, -0.05) is 12.5 Å². The van der Waals surface area contributed by atoms with Crippen LogP contribution in [0.1, 0.15) is 50.2 Å². The summed E-state index contributed by atoms with van der Waals surface area (Å²) in [6.07, 6.45) is -2.84. The SMILES string of the molecule is OC(CCCCCOCC(F)(F)F)OC(CN1CCCC1)C(O)c1ccc2c(c1)OCCO2. The van der Waals surface area contributed by atoms with Crippen molar-refractivity contribution in [2.24, 2.45) is 0 Å². The van der Waals surface area contributed by atoms with Crippen molar-refractivity contribution in [3.8, 4) is 11.5 Å². The van der Waals surface area contributed by atoms with Gasteiger partial charge in [-0.3, -0.25) is 0 Å².